The van der Waals surface area contributed by atoms with E-state index in [1.54, 1.807) is 0 Å². The van der Waals surface area contributed by atoms with Crippen LogP contribution in [0.15, 0.2) is 24.3 Å². The highest BCUT2D eigenvalue weighted by Crippen LogP contribution is 2.29. The highest BCUT2D eigenvalue weighted by Gasteiger charge is 2.32. The Labute approximate surface area is 150 Å². The summed E-state index contributed by atoms with van der Waals surface area (Å²) in [4.78, 5) is 28.7. The first kappa shape index (κ1) is 17.9. The number of nitrogens with one attached hydrogen (secondary N) is 1. The fourth-order valence-electron chi connectivity index (χ4n) is 3.71. The molecule has 2 amide bonds. The predicted octanol–water partition coefficient (Wildman–Crippen LogP) is 2.66. The van der Waals surface area contributed by atoms with Crippen molar-refractivity contribution in [2.45, 2.75) is 45.1 Å². The highest BCUT2D eigenvalue weighted by molar-refractivity contribution is 5.92. The van der Waals surface area contributed by atoms with E-state index in [1.165, 1.54) is 6.42 Å². The van der Waals surface area contributed by atoms with Crippen LogP contribution < -0.4 is 5.32 Å². The average molecular weight is 343 g/mol. The van der Waals surface area contributed by atoms with Gasteiger partial charge in [0.25, 0.3) is 0 Å². The third-order valence-electron chi connectivity index (χ3n) is 5.58. The summed E-state index contributed by atoms with van der Waals surface area (Å²) in [5.74, 6) is 0.618. The number of likely N-dealkylation sites (tertiary alicyclic amines) is 1. The summed E-state index contributed by atoms with van der Waals surface area (Å²) >= 11 is 0. The van der Waals surface area contributed by atoms with Crippen LogP contribution in [0.5, 0.6) is 0 Å². The Kier molecular flexibility index (Phi) is 5.74. The molecule has 0 radical (unpaired) electrons. The van der Waals surface area contributed by atoms with Crippen LogP contribution in [0, 0.1) is 12.8 Å². The molecule has 3 rings (SSSR count). The number of piperidine rings is 1. The van der Waals surface area contributed by atoms with E-state index in [1.807, 2.05) is 43.1 Å². The summed E-state index contributed by atoms with van der Waals surface area (Å²) in [7, 11) is 1.95. The Bertz CT molecular complexity index is 619. The molecule has 1 saturated carbocycles. The lowest BCUT2D eigenvalue weighted by atomic mass is 9.84. The third kappa shape index (κ3) is 4.60. The van der Waals surface area contributed by atoms with Crippen LogP contribution in [0.1, 0.15) is 37.7 Å². The normalized spacial score (nSPS) is 19.3. The van der Waals surface area contributed by atoms with Crippen molar-refractivity contribution in [3.05, 3.63) is 29.8 Å². The molecule has 25 heavy (non-hydrogen) atoms. The molecule has 1 heterocycles. The van der Waals surface area contributed by atoms with Crippen molar-refractivity contribution >= 4 is 17.5 Å². The van der Waals surface area contributed by atoms with Crippen LogP contribution >= 0.6 is 0 Å². The molecule has 1 aliphatic carbocycles. The number of anilines is 1. The van der Waals surface area contributed by atoms with Gasteiger partial charge in [-0.25, -0.2) is 0 Å². The molecular formula is C20H29N3O2. The third-order valence-corrected chi connectivity index (χ3v) is 5.58. The van der Waals surface area contributed by atoms with Gasteiger partial charge in [0, 0.05) is 37.8 Å². The van der Waals surface area contributed by atoms with E-state index < -0.39 is 0 Å². The maximum atomic E-state index is 12.4. The van der Waals surface area contributed by atoms with Gasteiger partial charge < -0.3 is 10.2 Å². The molecule has 5 heteroatoms. The minimum atomic E-state index is 0.0305. The predicted molar refractivity (Wildman–Crippen MR) is 99.4 cm³/mol. The van der Waals surface area contributed by atoms with Crippen LogP contribution in [0.3, 0.4) is 0 Å². The van der Waals surface area contributed by atoms with Crippen molar-refractivity contribution in [3.8, 4) is 0 Å². The zero-order chi connectivity index (χ0) is 17.8. The molecule has 0 spiro atoms. The topological polar surface area (TPSA) is 52.7 Å². The number of aryl methyl sites for hydroxylation is 1. The lowest BCUT2D eigenvalue weighted by Gasteiger charge is -2.39. The second-order valence-corrected chi connectivity index (χ2v) is 7.50. The number of hydrogen-bond acceptors (Lipinski definition) is 3. The number of amides is 2. The van der Waals surface area contributed by atoms with Crippen LogP contribution in [0.4, 0.5) is 5.69 Å². The fourth-order valence-corrected chi connectivity index (χ4v) is 3.71. The maximum absolute atomic E-state index is 12.4. The molecular weight excluding hydrogens is 314 g/mol. The molecule has 0 atom stereocenters. The van der Waals surface area contributed by atoms with Crippen molar-refractivity contribution in [1.82, 2.24) is 9.80 Å². The first-order valence-electron chi connectivity index (χ1n) is 9.38. The van der Waals surface area contributed by atoms with E-state index in [2.05, 4.69) is 10.2 Å². The Morgan fingerprint density at radius 1 is 1.20 bits per heavy atom. The first-order chi connectivity index (χ1) is 12.0. The van der Waals surface area contributed by atoms with E-state index in [4.69, 9.17) is 0 Å². The van der Waals surface area contributed by atoms with E-state index in [9.17, 15) is 9.59 Å². The number of carbonyl (C=O) groups excluding carboxylic acids is 2. The van der Waals surface area contributed by atoms with E-state index in [0.717, 1.165) is 50.0 Å². The Balaban J connectivity index is 1.42. The molecule has 2 aliphatic rings. The second kappa shape index (κ2) is 8.00. The second-order valence-electron chi connectivity index (χ2n) is 7.50. The van der Waals surface area contributed by atoms with Gasteiger partial charge in [-0.1, -0.05) is 18.6 Å². The quantitative estimate of drug-likeness (QED) is 0.894. The van der Waals surface area contributed by atoms with E-state index >= 15 is 0 Å². The smallest absolute Gasteiger partial charge is 0.238 e. The number of nitrogens with zero attached hydrogens (tertiary/aromatic N) is 2. The van der Waals surface area contributed by atoms with Crippen LogP contribution in [0.25, 0.3) is 0 Å². The minimum Gasteiger partial charge on any atom is -0.342 e. The molecule has 0 aromatic heterocycles. The number of hydrogen-bond donors (Lipinski definition) is 1. The summed E-state index contributed by atoms with van der Waals surface area (Å²) < 4.78 is 0. The van der Waals surface area contributed by atoms with E-state index in [-0.39, 0.29) is 11.8 Å². The number of rotatable bonds is 5. The lowest BCUT2D eigenvalue weighted by Crippen LogP contribution is -2.49. The van der Waals surface area contributed by atoms with Crippen LogP contribution in [0.2, 0.25) is 0 Å². The maximum Gasteiger partial charge on any atom is 0.238 e. The van der Waals surface area contributed by atoms with Crippen molar-refractivity contribution in [3.63, 3.8) is 0 Å². The molecule has 1 aromatic carbocycles. The van der Waals surface area contributed by atoms with Gasteiger partial charge in [0.2, 0.25) is 11.8 Å². The first-order valence-corrected chi connectivity index (χ1v) is 9.38. The number of benzene rings is 1. The zero-order valence-corrected chi connectivity index (χ0v) is 15.3. The van der Waals surface area contributed by atoms with Crippen molar-refractivity contribution in [2.24, 2.45) is 5.92 Å². The van der Waals surface area contributed by atoms with E-state index in [0.29, 0.717) is 18.5 Å². The summed E-state index contributed by atoms with van der Waals surface area (Å²) in [5.41, 5.74) is 1.99. The molecule has 136 valence electrons. The van der Waals surface area contributed by atoms with Crippen molar-refractivity contribution in [2.75, 3.05) is 32.0 Å². The standard InChI is InChI=1S/C20H29N3O2/c1-15-5-3-8-17(13-15)21-19(24)14-23-11-9-18(10-12-23)22(2)20(25)16-6-4-7-16/h3,5,8,13,16,18H,4,6-7,9-12,14H2,1-2H3,(H,21,24). The summed E-state index contributed by atoms with van der Waals surface area (Å²) in [5, 5.41) is 2.97. The summed E-state index contributed by atoms with van der Waals surface area (Å²) in [6.07, 6.45) is 5.21. The van der Waals surface area contributed by atoms with Gasteiger partial charge in [-0.3, -0.25) is 14.5 Å². The van der Waals surface area contributed by atoms with Crippen LogP contribution in [-0.2, 0) is 9.59 Å². The van der Waals surface area contributed by atoms with Gasteiger partial charge in [-0.15, -0.1) is 0 Å². The molecule has 0 unspecified atom stereocenters. The molecule has 1 N–H and O–H groups in total. The molecule has 5 nitrogen and oxygen atoms in total. The average Bonchev–Trinajstić information content (AvgIpc) is 2.53. The lowest BCUT2D eigenvalue weighted by molar-refractivity contribution is -0.140. The number of carbonyl (C=O) groups is 2. The zero-order valence-electron chi connectivity index (χ0n) is 15.3. The summed E-state index contributed by atoms with van der Waals surface area (Å²) in [6, 6.07) is 8.18. The van der Waals surface area contributed by atoms with Crippen molar-refractivity contribution in [1.29, 1.82) is 0 Å². The van der Waals surface area contributed by atoms with Gasteiger partial charge >= 0.3 is 0 Å². The van der Waals surface area contributed by atoms with Gasteiger partial charge in [0.1, 0.15) is 0 Å². The summed E-state index contributed by atoms with van der Waals surface area (Å²) in [6.45, 7) is 4.17. The Morgan fingerprint density at radius 2 is 1.92 bits per heavy atom. The SMILES string of the molecule is Cc1cccc(NC(=O)CN2CCC(N(C)C(=O)C3CCC3)CC2)c1. The molecule has 1 saturated heterocycles. The van der Waals surface area contributed by atoms with Gasteiger partial charge in [0.15, 0.2) is 0 Å². The molecule has 2 fully saturated rings. The highest BCUT2D eigenvalue weighted by atomic mass is 16.2. The largest absolute Gasteiger partial charge is 0.342 e. The van der Waals surface area contributed by atoms with Gasteiger partial charge in [-0.05, 0) is 50.3 Å². The monoisotopic (exact) mass is 343 g/mol. The molecule has 1 aromatic rings. The Hall–Kier alpha value is -1.88. The van der Waals surface area contributed by atoms with Crippen molar-refractivity contribution < 1.29 is 9.59 Å². The molecule has 0 bridgehead atoms. The molecule has 1 aliphatic heterocycles. The fraction of sp³-hybridized carbons (Fsp3) is 0.600. The minimum absolute atomic E-state index is 0.0305. The van der Waals surface area contributed by atoms with Gasteiger partial charge in [0.05, 0.1) is 6.54 Å². The van der Waals surface area contributed by atoms with Gasteiger partial charge in [-0.2, -0.15) is 0 Å². The van der Waals surface area contributed by atoms with Crippen LogP contribution in [-0.4, -0.2) is 54.3 Å². The Morgan fingerprint density at radius 3 is 2.52 bits per heavy atom.